The monoisotopic (exact) mass is 676 g/mol. The van der Waals surface area contributed by atoms with Crippen molar-refractivity contribution in [3.05, 3.63) is 31.2 Å². The molecule has 1 aromatic rings. The molecule has 0 aliphatic carbocycles. The minimum Gasteiger partial charge on any atom is -0.489 e. The topological polar surface area (TPSA) is 99.2 Å². The Morgan fingerprint density at radius 2 is 1.11 bits per heavy atom. The molecule has 2 aliphatic rings. The number of fused-ring (bicyclic) bond motifs is 2. The van der Waals surface area contributed by atoms with E-state index in [2.05, 4.69) is 10.9 Å². The van der Waals surface area contributed by atoms with Gasteiger partial charge in [-0.15, -0.1) is 0 Å². The van der Waals surface area contributed by atoms with E-state index in [1.807, 2.05) is 27.7 Å². The van der Waals surface area contributed by atoms with Gasteiger partial charge in [0.1, 0.15) is 36.4 Å². The first-order valence-electron chi connectivity index (χ1n) is 14.3. The molecule has 1 aromatic carbocycles. The first-order chi connectivity index (χ1) is 20.5. The lowest BCUT2D eigenvalue weighted by atomic mass is 9.87. The summed E-state index contributed by atoms with van der Waals surface area (Å²) in [6.07, 6.45) is 0.0630. The number of benzene rings is 1. The van der Waals surface area contributed by atoms with E-state index in [4.69, 9.17) is 25.5 Å². The van der Waals surface area contributed by atoms with Gasteiger partial charge in [-0.05, 0) is 27.7 Å². The van der Waals surface area contributed by atoms with Crippen molar-refractivity contribution in [3.8, 4) is 17.6 Å². The average Bonchev–Trinajstić information content (AvgIpc) is 3.54. The highest BCUT2D eigenvalue weighted by molar-refractivity contribution is 8.26. The fraction of sp³-hybridized carbons (Fsp3) is 0.562. The van der Waals surface area contributed by atoms with E-state index in [9.17, 15) is 14.9 Å². The van der Waals surface area contributed by atoms with E-state index in [0.717, 1.165) is 19.6 Å². The number of nitrogens with zero attached hydrogens (tertiary/aromatic N) is 2. The summed E-state index contributed by atoms with van der Waals surface area (Å²) in [5.41, 5.74) is -1.29. The summed E-state index contributed by atoms with van der Waals surface area (Å²) in [7, 11) is 0. The standard InChI is InChI=1S/C32H40N2O6S4/c1-17(2)37-12-14-39-21-23-24(42-29(41-23)19(16-33)27(35)31(5,6)7)22(40-15-13-38-18(3)4)26-25(21)43-30(44-26)20(34-11)28(36)32(8,9)10/h17-18H,12-15H2,1-10H3. The summed E-state index contributed by atoms with van der Waals surface area (Å²) >= 11 is 5.25. The molecule has 0 N–H and O–H groups in total. The van der Waals surface area contributed by atoms with E-state index in [-0.39, 0.29) is 48.3 Å². The van der Waals surface area contributed by atoms with Crippen molar-refractivity contribution in [3.63, 3.8) is 0 Å². The molecule has 8 nitrogen and oxygen atoms in total. The van der Waals surface area contributed by atoms with E-state index >= 15 is 0 Å². The third-order valence-corrected chi connectivity index (χ3v) is 11.2. The minimum atomic E-state index is -0.738. The predicted molar refractivity (Wildman–Crippen MR) is 178 cm³/mol. The summed E-state index contributed by atoms with van der Waals surface area (Å²) in [5, 5.41) is 10.1. The first-order valence-corrected chi connectivity index (χ1v) is 17.6. The van der Waals surface area contributed by atoms with Crippen LogP contribution in [0.15, 0.2) is 39.3 Å². The molecule has 0 radical (unpaired) electrons. The molecule has 2 aliphatic heterocycles. The van der Waals surface area contributed by atoms with Gasteiger partial charge in [0.2, 0.25) is 5.70 Å². The van der Waals surface area contributed by atoms with Crippen LogP contribution in [-0.2, 0) is 19.1 Å². The van der Waals surface area contributed by atoms with Crippen LogP contribution in [0.25, 0.3) is 4.85 Å². The highest BCUT2D eigenvalue weighted by atomic mass is 32.2. The molecule has 238 valence electrons. The summed E-state index contributed by atoms with van der Waals surface area (Å²) < 4.78 is 25.3. The molecule has 12 heteroatoms. The lowest BCUT2D eigenvalue weighted by molar-refractivity contribution is -0.122. The van der Waals surface area contributed by atoms with Crippen LogP contribution < -0.4 is 9.47 Å². The molecule has 0 spiro atoms. The van der Waals surface area contributed by atoms with E-state index in [0.29, 0.717) is 33.2 Å². The van der Waals surface area contributed by atoms with Crippen molar-refractivity contribution in [1.82, 2.24) is 0 Å². The van der Waals surface area contributed by atoms with E-state index < -0.39 is 10.8 Å². The SMILES string of the molecule is [C-]#[N+]C(C(=O)C(C)(C)C)=C1Sc2c(OCCOC(C)C)c3c(c(OCCOC(C)C)c2S1)SC(=C(C#N)C(=O)C(C)(C)C)S3. The van der Waals surface area contributed by atoms with Gasteiger partial charge in [0.15, 0.2) is 11.6 Å². The molecule has 0 atom stereocenters. The van der Waals surface area contributed by atoms with Crippen LogP contribution in [0.5, 0.6) is 11.5 Å². The quantitative estimate of drug-likeness (QED) is 0.0920. The molecule has 0 unspecified atom stereocenters. The van der Waals surface area contributed by atoms with Crippen molar-refractivity contribution < 1.29 is 28.5 Å². The number of ether oxygens (including phenoxy) is 4. The van der Waals surface area contributed by atoms with Crippen LogP contribution in [0.3, 0.4) is 0 Å². The molecule has 0 saturated heterocycles. The number of thioether (sulfide) groups is 4. The Balaban J connectivity index is 2.22. The van der Waals surface area contributed by atoms with Gasteiger partial charge in [-0.3, -0.25) is 4.79 Å². The van der Waals surface area contributed by atoms with Gasteiger partial charge >= 0.3 is 0 Å². The van der Waals surface area contributed by atoms with Crippen molar-refractivity contribution in [2.24, 2.45) is 10.8 Å². The van der Waals surface area contributed by atoms with E-state index in [1.165, 1.54) is 47.0 Å². The molecule has 0 bridgehead atoms. The van der Waals surface area contributed by atoms with Crippen LogP contribution in [0, 0.1) is 28.7 Å². The molecular formula is C32H40N2O6S4. The smallest absolute Gasteiger partial charge is 0.249 e. The summed E-state index contributed by atoms with van der Waals surface area (Å²) in [6, 6.07) is 2.15. The number of carbonyl (C=O) groups is 2. The molecule has 0 aromatic heterocycles. The number of Topliss-reactive ketones (excluding diaryl/α,β-unsaturated/α-hetero) is 2. The average molecular weight is 677 g/mol. The molecule has 0 fully saturated rings. The van der Waals surface area contributed by atoms with Gasteiger partial charge in [0.05, 0.1) is 60.1 Å². The number of ketones is 2. The van der Waals surface area contributed by atoms with Gasteiger partial charge in [-0.1, -0.05) is 88.6 Å². The fourth-order valence-corrected chi connectivity index (χ4v) is 9.24. The Morgan fingerprint density at radius 1 is 0.727 bits per heavy atom. The maximum Gasteiger partial charge on any atom is 0.249 e. The zero-order chi connectivity index (χ0) is 33.0. The largest absolute Gasteiger partial charge is 0.489 e. The van der Waals surface area contributed by atoms with Crippen LogP contribution in [0.1, 0.15) is 69.2 Å². The van der Waals surface area contributed by atoms with Crippen LogP contribution in [0.2, 0.25) is 0 Å². The number of allylic oxidation sites excluding steroid dienone is 2. The van der Waals surface area contributed by atoms with Gasteiger partial charge < -0.3 is 23.7 Å². The van der Waals surface area contributed by atoms with Crippen molar-refractivity contribution in [2.75, 3.05) is 26.4 Å². The normalized spacial score (nSPS) is 14.3. The van der Waals surface area contributed by atoms with Gasteiger partial charge in [-0.25, -0.2) is 4.85 Å². The second-order valence-electron chi connectivity index (χ2n) is 12.6. The highest BCUT2D eigenvalue weighted by Gasteiger charge is 2.41. The van der Waals surface area contributed by atoms with Crippen LogP contribution >= 0.6 is 47.0 Å². The maximum absolute atomic E-state index is 13.3. The Morgan fingerprint density at radius 3 is 1.43 bits per heavy atom. The van der Waals surface area contributed by atoms with Crippen molar-refractivity contribution in [2.45, 2.75) is 101 Å². The van der Waals surface area contributed by atoms with Crippen LogP contribution in [-0.4, -0.2) is 50.2 Å². The maximum atomic E-state index is 13.3. The number of rotatable bonds is 12. The first kappa shape index (κ1) is 36.4. The highest BCUT2D eigenvalue weighted by Crippen LogP contribution is 2.68. The number of carbonyl (C=O) groups excluding carboxylic acids is 2. The Hall–Kier alpha value is -2.06. The fourth-order valence-electron chi connectivity index (χ4n) is 3.83. The van der Waals surface area contributed by atoms with Gasteiger partial charge in [0, 0.05) is 10.8 Å². The van der Waals surface area contributed by atoms with Crippen molar-refractivity contribution >= 4 is 58.6 Å². The number of hydrogen-bond acceptors (Lipinski definition) is 11. The summed E-state index contributed by atoms with van der Waals surface area (Å²) in [4.78, 5) is 33.1. The lowest BCUT2D eigenvalue weighted by Crippen LogP contribution is -2.21. The minimum absolute atomic E-state index is 0.0315. The number of nitriles is 1. The second kappa shape index (κ2) is 15.0. The Kier molecular flexibility index (Phi) is 12.4. The zero-order valence-electron chi connectivity index (χ0n) is 27.0. The molecule has 0 amide bonds. The lowest BCUT2D eigenvalue weighted by Gasteiger charge is -2.18. The summed E-state index contributed by atoms with van der Waals surface area (Å²) in [5.74, 6) is 0.631. The molecular weight excluding hydrogens is 637 g/mol. The van der Waals surface area contributed by atoms with Crippen molar-refractivity contribution in [1.29, 1.82) is 5.26 Å². The third kappa shape index (κ3) is 8.60. The molecule has 44 heavy (non-hydrogen) atoms. The van der Waals surface area contributed by atoms with E-state index in [1.54, 1.807) is 41.5 Å². The van der Waals surface area contributed by atoms with Gasteiger partial charge in [-0.2, -0.15) is 5.26 Å². The molecule has 0 saturated carbocycles. The van der Waals surface area contributed by atoms with Crippen LogP contribution in [0.4, 0.5) is 0 Å². The third-order valence-electron chi connectivity index (χ3n) is 6.00. The Labute approximate surface area is 278 Å². The number of hydrogen-bond donors (Lipinski definition) is 0. The zero-order valence-corrected chi connectivity index (χ0v) is 30.2. The van der Waals surface area contributed by atoms with Gasteiger partial charge in [0.25, 0.3) is 0 Å². The predicted octanol–water partition coefficient (Wildman–Crippen LogP) is 8.74. The second-order valence-corrected chi connectivity index (χ2v) is 17.2. The molecule has 3 rings (SSSR count). The Bertz CT molecular complexity index is 1300. The summed E-state index contributed by atoms with van der Waals surface area (Å²) in [6.45, 7) is 27.7. The molecule has 2 heterocycles.